The number of nitrogens with one attached hydrogen (secondary N) is 1. The lowest BCUT2D eigenvalue weighted by molar-refractivity contribution is 0.373. The monoisotopic (exact) mass is 251 g/mol. The zero-order chi connectivity index (χ0) is 11.9. The number of aromatic nitrogens is 2. The summed E-state index contributed by atoms with van der Waals surface area (Å²) in [5.74, 6) is 3.52. The van der Waals surface area contributed by atoms with Crippen LogP contribution in [-0.4, -0.2) is 28.0 Å². The van der Waals surface area contributed by atoms with Gasteiger partial charge in [0.05, 0.1) is 0 Å². The van der Waals surface area contributed by atoms with Gasteiger partial charge in [0.1, 0.15) is 6.33 Å². The van der Waals surface area contributed by atoms with Gasteiger partial charge in [-0.05, 0) is 43.2 Å². The zero-order valence-electron chi connectivity index (χ0n) is 10.4. The van der Waals surface area contributed by atoms with Crippen LogP contribution in [0.3, 0.4) is 0 Å². The Morgan fingerprint density at radius 3 is 2.71 bits per heavy atom. The Morgan fingerprint density at radius 2 is 2.06 bits per heavy atom. The van der Waals surface area contributed by atoms with Gasteiger partial charge in [0.15, 0.2) is 0 Å². The lowest BCUT2D eigenvalue weighted by atomic mass is 9.92. The Hall–Kier alpha value is -0.610. The normalized spacial score (nSPS) is 19.1. The molecule has 0 aromatic carbocycles. The van der Waals surface area contributed by atoms with Gasteiger partial charge in [0.25, 0.3) is 0 Å². The maximum Gasteiger partial charge on any atom is 0.115 e. The minimum absolute atomic E-state index is 0.425. The molecule has 0 radical (unpaired) electrons. The Bertz CT molecular complexity index is 312. The van der Waals surface area contributed by atoms with Gasteiger partial charge in [0.2, 0.25) is 0 Å². The van der Waals surface area contributed by atoms with E-state index in [4.69, 9.17) is 0 Å². The Morgan fingerprint density at radius 1 is 1.35 bits per heavy atom. The molecule has 1 atom stereocenters. The lowest BCUT2D eigenvalue weighted by Gasteiger charge is -2.26. The van der Waals surface area contributed by atoms with Gasteiger partial charge >= 0.3 is 0 Å². The van der Waals surface area contributed by atoms with Gasteiger partial charge in [-0.2, -0.15) is 11.8 Å². The van der Waals surface area contributed by atoms with Gasteiger partial charge < -0.3 is 5.32 Å². The predicted octanol–water partition coefficient (Wildman–Crippen LogP) is 2.66. The van der Waals surface area contributed by atoms with E-state index in [1.54, 1.807) is 6.33 Å². The highest BCUT2D eigenvalue weighted by molar-refractivity contribution is 7.99. The minimum atomic E-state index is 0.425. The van der Waals surface area contributed by atoms with E-state index >= 15 is 0 Å². The van der Waals surface area contributed by atoms with Crippen LogP contribution in [0.5, 0.6) is 0 Å². The van der Waals surface area contributed by atoms with Crippen LogP contribution >= 0.6 is 11.8 Å². The Balaban J connectivity index is 1.96. The fourth-order valence-electron chi connectivity index (χ4n) is 2.39. The van der Waals surface area contributed by atoms with E-state index in [1.165, 1.54) is 36.3 Å². The molecule has 0 bridgehead atoms. The molecule has 1 unspecified atom stereocenters. The summed E-state index contributed by atoms with van der Waals surface area (Å²) < 4.78 is 0. The summed E-state index contributed by atoms with van der Waals surface area (Å²) in [6, 6.07) is 0.425. The summed E-state index contributed by atoms with van der Waals surface area (Å²) in [5, 5.41) is 3.56. The van der Waals surface area contributed by atoms with E-state index < -0.39 is 0 Å². The number of rotatable bonds is 5. The molecule has 94 valence electrons. The molecule has 1 saturated heterocycles. The quantitative estimate of drug-likeness (QED) is 0.873. The SMILES string of the molecule is CCNC(CC1CCSCC1)c1cncnc1. The lowest BCUT2D eigenvalue weighted by Crippen LogP contribution is -2.25. The molecule has 1 aromatic heterocycles. The molecule has 3 nitrogen and oxygen atoms in total. The summed E-state index contributed by atoms with van der Waals surface area (Å²) in [7, 11) is 0. The molecule has 1 aliphatic rings. The molecule has 1 fully saturated rings. The van der Waals surface area contributed by atoms with E-state index in [1.807, 2.05) is 12.4 Å². The molecular formula is C13H21N3S. The molecule has 0 saturated carbocycles. The first-order chi connectivity index (χ1) is 8.40. The van der Waals surface area contributed by atoms with Crippen LogP contribution in [0.2, 0.25) is 0 Å². The van der Waals surface area contributed by atoms with E-state index in [0.717, 1.165) is 12.5 Å². The molecule has 0 amide bonds. The molecule has 17 heavy (non-hydrogen) atoms. The van der Waals surface area contributed by atoms with Gasteiger partial charge in [-0.3, -0.25) is 0 Å². The first-order valence-corrected chi connectivity index (χ1v) is 7.61. The molecule has 1 N–H and O–H groups in total. The predicted molar refractivity (Wildman–Crippen MR) is 73.1 cm³/mol. The van der Waals surface area contributed by atoms with Crippen LogP contribution in [0.1, 0.15) is 37.8 Å². The van der Waals surface area contributed by atoms with E-state index in [2.05, 4.69) is 34.0 Å². The van der Waals surface area contributed by atoms with Crippen molar-refractivity contribution in [3.63, 3.8) is 0 Å². The third kappa shape index (κ3) is 3.96. The van der Waals surface area contributed by atoms with Crippen molar-refractivity contribution >= 4 is 11.8 Å². The number of hydrogen-bond acceptors (Lipinski definition) is 4. The van der Waals surface area contributed by atoms with Crippen molar-refractivity contribution in [1.29, 1.82) is 0 Å². The van der Waals surface area contributed by atoms with Crippen molar-refractivity contribution in [2.75, 3.05) is 18.1 Å². The molecule has 0 spiro atoms. The molecule has 2 rings (SSSR count). The number of nitrogens with zero attached hydrogens (tertiary/aromatic N) is 2. The van der Waals surface area contributed by atoms with Gasteiger partial charge in [-0.1, -0.05) is 6.92 Å². The van der Waals surface area contributed by atoms with Crippen LogP contribution in [0.4, 0.5) is 0 Å². The second-order valence-corrected chi connectivity index (χ2v) is 5.80. The van der Waals surface area contributed by atoms with Gasteiger partial charge in [-0.15, -0.1) is 0 Å². The number of thioether (sulfide) groups is 1. The summed E-state index contributed by atoms with van der Waals surface area (Å²) in [6.45, 7) is 3.16. The highest BCUT2D eigenvalue weighted by Gasteiger charge is 2.20. The van der Waals surface area contributed by atoms with Crippen molar-refractivity contribution in [2.24, 2.45) is 5.92 Å². The minimum Gasteiger partial charge on any atom is -0.310 e. The average Bonchev–Trinajstić information content (AvgIpc) is 2.40. The topological polar surface area (TPSA) is 37.8 Å². The van der Waals surface area contributed by atoms with Crippen LogP contribution in [0, 0.1) is 5.92 Å². The maximum atomic E-state index is 4.13. The van der Waals surface area contributed by atoms with Crippen molar-refractivity contribution in [2.45, 2.75) is 32.2 Å². The zero-order valence-corrected chi connectivity index (χ0v) is 11.2. The second-order valence-electron chi connectivity index (χ2n) is 4.57. The van der Waals surface area contributed by atoms with Crippen LogP contribution in [0.25, 0.3) is 0 Å². The largest absolute Gasteiger partial charge is 0.310 e. The third-order valence-electron chi connectivity index (χ3n) is 3.34. The molecular weight excluding hydrogens is 230 g/mol. The highest BCUT2D eigenvalue weighted by Crippen LogP contribution is 2.30. The second kappa shape index (κ2) is 6.97. The standard InChI is InChI=1S/C13H21N3S/c1-2-16-13(12-8-14-10-15-9-12)7-11-3-5-17-6-4-11/h8-11,13,16H,2-7H2,1H3. The van der Waals surface area contributed by atoms with E-state index in [-0.39, 0.29) is 0 Å². The van der Waals surface area contributed by atoms with Gasteiger partial charge in [-0.25, -0.2) is 9.97 Å². The van der Waals surface area contributed by atoms with Crippen LogP contribution < -0.4 is 5.32 Å². The van der Waals surface area contributed by atoms with Crippen molar-refractivity contribution in [3.8, 4) is 0 Å². The summed E-state index contributed by atoms with van der Waals surface area (Å²) >= 11 is 2.09. The molecule has 4 heteroatoms. The van der Waals surface area contributed by atoms with E-state index in [9.17, 15) is 0 Å². The Kier molecular flexibility index (Phi) is 5.26. The van der Waals surface area contributed by atoms with E-state index in [0.29, 0.717) is 6.04 Å². The Labute approximate surface area is 108 Å². The van der Waals surface area contributed by atoms with Crippen LogP contribution in [0.15, 0.2) is 18.7 Å². The van der Waals surface area contributed by atoms with Gasteiger partial charge in [0, 0.05) is 24.0 Å². The summed E-state index contributed by atoms with van der Waals surface area (Å²) in [4.78, 5) is 8.25. The fraction of sp³-hybridized carbons (Fsp3) is 0.692. The van der Waals surface area contributed by atoms with Crippen LogP contribution in [-0.2, 0) is 0 Å². The molecule has 0 aliphatic carbocycles. The van der Waals surface area contributed by atoms with Crippen molar-refractivity contribution < 1.29 is 0 Å². The average molecular weight is 251 g/mol. The molecule has 2 heterocycles. The maximum absolute atomic E-state index is 4.13. The summed E-state index contributed by atoms with van der Waals surface area (Å²) in [5.41, 5.74) is 1.23. The number of hydrogen-bond donors (Lipinski definition) is 1. The fourth-order valence-corrected chi connectivity index (χ4v) is 3.59. The highest BCUT2D eigenvalue weighted by atomic mass is 32.2. The summed E-state index contributed by atoms with van der Waals surface area (Å²) in [6.07, 6.45) is 9.43. The first-order valence-electron chi connectivity index (χ1n) is 6.46. The molecule has 1 aromatic rings. The first kappa shape index (κ1) is 12.8. The molecule has 1 aliphatic heterocycles. The van der Waals surface area contributed by atoms with Crippen molar-refractivity contribution in [1.82, 2.24) is 15.3 Å². The third-order valence-corrected chi connectivity index (χ3v) is 4.39. The smallest absolute Gasteiger partial charge is 0.115 e. The van der Waals surface area contributed by atoms with Crippen molar-refractivity contribution in [3.05, 3.63) is 24.3 Å².